The third-order valence-electron chi connectivity index (χ3n) is 16.9. The molecule has 2 N–H and O–H groups in total. The molecule has 4 heterocycles. The second kappa shape index (κ2) is 30.8. The number of aromatic nitrogens is 4. The van der Waals surface area contributed by atoms with Crippen molar-refractivity contribution in [3.05, 3.63) is 227 Å². The Kier molecular flexibility index (Phi) is 21.5. The van der Waals surface area contributed by atoms with Crippen LogP contribution in [0.2, 0.25) is 0 Å². The fourth-order valence-corrected chi connectivity index (χ4v) is 16.3. The first-order chi connectivity index (χ1) is 50.0. The van der Waals surface area contributed by atoms with E-state index in [-0.39, 0.29) is 50.0 Å². The Bertz CT molecular complexity index is 5220. The maximum atomic E-state index is 13.0. The first-order valence-corrected chi connectivity index (χ1v) is 37.1. The van der Waals surface area contributed by atoms with E-state index in [1.54, 1.807) is 48.5 Å². The topological polar surface area (TPSA) is 247 Å². The van der Waals surface area contributed by atoms with Gasteiger partial charge in [0.25, 0.3) is 0 Å². The van der Waals surface area contributed by atoms with Gasteiger partial charge in [0, 0.05) is 34.3 Å². The molecule has 0 radical (unpaired) electrons. The van der Waals surface area contributed by atoms with Crippen molar-refractivity contribution < 1.29 is 71.7 Å². The molecular formula is C74H58B2F6N8O10S4. The van der Waals surface area contributed by atoms with Gasteiger partial charge in [0.1, 0.15) is 56.3 Å². The van der Waals surface area contributed by atoms with E-state index in [1.165, 1.54) is 36.9 Å². The minimum atomic E-state index is -5.42. The van der Waals surface area contributed by atoms with Crippen LogP contribution in [0.1, 0.15) is 35.7 Å². The maximum Gasteiger partial charge on any atom is 0.472 e. The third kappa shape index (κ3) is 15.9. The summed E-state index contributed by atoms with van der Waals surface area (Å²) in [6.07, 6.45) is -11.1. The van der Waals surface area contributed by atoms with Crippen LogP contribution in [0, 0.1) is 22.7 Å². The molecule has 18 nitrogen and oxygen atoms in total. The van der Waals surface area contributed by atoms with Crippen molar-refractivity contribution in [2.24, 2.45) is 0 Å². The van der Waals surface area contributed by atoms with Crippen LogP contribution < -0.4 is 60.9 Å². The minimum Gasteiger partial charge on any atom is -0.497 e. The highest BCUT2D eigenvalue weighted by Crippen LogP contribution is 2.40. The van der Waals surface area contributed by atoms with Crippen LogP contribution in [-0.4, -0.2) is 113 Å². The first kappa shape index (κ1) is 72.6. The quantitative estimate of drug-likeness (QED) is 0.0291. The number of benzene rings is 8. The van der Waals surface area contributed by atoms with Gasteiger partial charge in [-0.3, -0.25) is 9.59 Å². The number of hydrogen-bond donors (Lipinski definition) is 2. The van der Waals surface area contributed by atoms with Crippen LogP contribution in [0.15, 0.2) is 206 Å². The number of fused-ring (bicyclic) bond motifs is 3. The molecule has 12 aromatic rings. The van der Waals surface area contributed by atoms with E-state index in [0.29, 0.717) is 88.0 Å². The van der Waals surface area contributed by atoms with E-state index in [0.717, 1.165) is 40.7 Å². The summed E-state index contributed by atoms with van der Waals surface area (Å²) in [6.45, 7) is -1.83. The molecule has 4 aromatic heterocycles. The highest BCUT2D eigenvalue weighted by Gasteiger charge is 2.43. The monoisotopic (exact) mass is 1480 g/mol. The number of sulfonamides is 2. The fraction of sp³-hybridized carbons (Fsp3) is 0.162. The summed E-state index contributed by atoms with van der Waals surface area (Å²) in [7, 11) is -6.23. The number of amides is 2. The SMILES string of the molecule is COc1ccc2sc(/C(C#N)=c3/c4c(-c5ccc(OCCCCS(=O)(=O)NC(=O)C(F)(F)F)cc5)n(B(c5ccccc5)c5ccccc5)/c(=C(/C#N)c5nc6cc(OC)ccc6s5)c4c(-c4ccc(OCCCCS(=O)(=O)NC(=O)C(F)(F)F)cc4)n3B(c3ccccc3)c3ccccc3)nc2c1. The Morgan fingerprint density at radius 3 is 1.09 bits per heavy atom. The number of thiazole rings is 2. The van der Waals surface area contributed by atoms with E-state index >= 15 is 0 Å². The summed E-state index contributed by atoms with van der Waals surface area (Å²) in [5.41, 5.74) is 6.36. The number of nitriles is 2. The average Bonchev–Trinajstić information content (AvgIpc) is 1.52. The lowest BCUT2D eigenvalue weighted by Gasteiger charge is -2.24. The van der Waals surface area contributed by atoms with Gasteiger partial charge in [-0.05, 0) is 110 Å². The number of alkyl halides is 6. The Hall–Kier alpha value is -11.2. The van der Waals surface area contributed by atoms with Crippen LogP contribution in [0.25, 0.3) is 64.9 Å². The Labute approximate surface area is 601 Å². The molecule has 0 fully saturated rings. The van der Waals surface area contributed by atoms with Gasteiger partial charge in [-0.2, -0.15) is 36.9 Å². The van der Waals surface area contributed by atoms with Crippen molar-refractivity contribution in [3.8, 4) is 57.7 Å². The van der Waals surface area contributed by atoms with Gasteiger partial charge in [0.15, 0.2) is 0 Å². The number of methoxy groups -OCH3 is 2. The van der Waals surface area contributed by atoms with Crippen molar-refractivity contribution in [1.82, 2.24) is 28.4 Å². The summed E-state index contributed by atoms with van der Waals surface area (Å²) >= 11 is 2.56. The predicted octanol–water partition coefficient (Wildman–Crippen LogP) is 10.1. The number of ether oxygens (including phenoxy) is 4. The minimum absolute atomic E-state index is 0.0459. The number of carbonyl (C=O) groups is 2. The van der Waals surface area contributed by atoms with Gasteiger partial charge >= 0.3 is 37.9 Å². The second-order valence-electron chi connectivity index (χ2n) is 23.7. The predicted molar refractivity (Wildman–Crippen MR) is 391 cm³/mol. The van der Waals surface area contributed by atoms with Crippen molar-refractivity contribution in [1.29, 1.82) is 10.5 Å². The molecule has 526 valence electrons. The molecule has 0 saturated carbocycles. The molecule has 0 atom stereocenters. The highest BCUT2D eigenvalue weighted by molar-refractivity contribution is 7.90. The normalized spacial score (nSPS) is 12.5. The molecule has 0 saturated heterocycles. The Morgan fingerprint density at radius 1 is 0.471 bits per heavy atom. The van der Waals surface area contributed by atoms with Crippen molar-refractivity contribution in [2.45, 2.75) is 38.0 Å². The van der Waals surface area contributed by atoms with E-state index in [9.17, 15) is 63.3 Å². The van der Waals surface area contributed by atoms with Crippen LogP contribution in [0.5, 0.6) is 23.0 Å². The number of unbranched alkanes of at least 4 members (excludes halogenated alkanes) is 2. The molecule has 104 heavy (non-hydrogen) atoms. The standard InChI is InChI=1S/C74H58B2F6N8O10S4/c1-97-55-35-37-61-59(43-55)85-69(101-61)57(45-83)67-63-64(66(89(67)75(49-19-7-3-8-20-49)50-21-9-4-10-22-50)48-29-33-54(34-30-48)100-40-16-18-42-104(95,96)88-72(92)74(80,81)82)68(58(46-84)70-86-60-44-56(98-2)36-38-62(60)102-70)90(76(51-23-11-5-12-24-51)52-25-13-6-14-26-52)65(63)47-27-31-53(32-28-47)99-39-15-17-41-103(93,94)87-71(91)73(77,78)79/h3-14,19-38,43-44H,15-18,39-42H2,1-2H3,(H,87,91)(H,88,92)/b67-57-,68-58-. The third-order valence-corrected chi connectivity index (χ3v) is 21.6. The lowest BCUT2D eigenvalue weighted by atomic mass is 9.50. The number of halogens is 6. The Morgan fingerprint density at radius 2 is 0.788 bits per heavy atom. The second-order valence-corrected chi connectivity index (χ2v) is 29.4. The van der Waals surface area contributed by atoms with E-state index < -0.39 is 69.4 Å². The van der Waals surface area contributed by atoms with Gasteiger partial charge in [-0.15, -0.1) is 22.7 Å². The fourth-order valence-electron chi connectivity index (χ4n) is 12.3. The molecule has 30 heteroatoms. The summed E-state index contributed by atoms with van der Waals surface area (Å²) in [5, 5.41) is 27.2. The summed E-state index contributed by atoms with van der Waals surface area (Å²) in [4.78, 5) is 33.5. The molecule has 0 aliphatic carbocycles. The average molecular weight is 1480 g/mol. The molecule has 12 rings (SSSR count). The van der Waals surface area contributed by atoms with Gasteiger partial charge in [0.05, 0.1) is 70.1 Å². The van der Waals surface area contributed by atoms with E-state index in [4.69, 9.17) is 28.9 Å². The number of rotatable bonds is 26. The molecular weight excluding hydrogens is 1420 g/mol. The van der Waals surface area contributed by atoms with Crippen molar-refractivity contribution in [2.75, 3.05) is 38.9 Å². The molecule has 0 aliphatic heterocycles. The summed E-state index contributed by atoms with van der Waals surface area (Å²) in [5.74, 6) is -5.16. The van der Waals surface area contributed by atoms with E-state index in [1.807, 2.05) is 158 Å². The summed E-state index contributed by atoms with van der Waals surface area (Å²) < 4.78 is 160. The van der Waals surface area contributed by atoms with Crippen LogP contribution >= 0.6 is 22.7 Å². The zero-order valence-corrected chi connectivity index (χ0v) is 58.4. The number of carbonyl (C=O) groups excluding carboxylic acids is 2. The zero-order valence-electron chi connectivity index (χ0n) is 55.1. The molecule has 0 aliphatic rings. The molecule has 0 spiro atoms. The Balaban J connectivity index is 1.20. The van der Waals surface area contributed by atoms with Crippen LogP contribution in [-0.2, 0) is 29.6 Å². The lowest BCUT2D eigenvalue weighted by Crippen LogP contribution is -2.54. The number of nitrogens with zero attached hydrogens (tertiary/aromatic N) is 6. The van der Waals surface area contributed by atoms with E-state index in [2.05, 4.69) is 21.1 Å². The zero-order chi connectivity index (χ0) is 73.5. The van der Waals surface area contributed by atoms with Gasteiger partial charge in [-0.25, -0.2) is 36.2 Å². The lowest BCUT2D eigenvalue weighted by molar-refractivity contribution is -0.171. The van der Waals surface area contributed by atoms with Gasteiger partial charge in [0.2, 0.25) is 20.0 Å². The highest BCUT2D eigenvalue weighted by atomic mass is 32.2. The number of nitrogens with one attached hydrogen (secondary N) is 2. The summed E-state index contributed by atoms with van der Waals surface area (Å²) in [6, 6.07) is 68.9. The molecule has 8 aromatic carbocycles. The molecule has 0 unspecified atom stereocenters. The smallest absolute Gasteiger partial charge is 0.472 e. The van der Waals surface area contributed by atoms with Crippen LogP contribution in [0.3, 0.4) is 0 Å². The van der Waals surface area contributed by atoms with Crippen LogP contribution in [0.4, 0.5) is 26.3 Å². The maximum absolute atomic E-state index is 13.0. The largest absolute Gasteiger partial charge is 0.497 e. The number of hydrogen-bond acceptors (Lipinski definition) is 16. The van der Waals surface area contributed by atoms with Gasteiger partial charge in [-0.1, -0.05) is 143 Å². The molecule has 2 amide bonds. The van der Waals surface area contributed by atoms with Gasteiger partial charge < -0.3 is 27.9 Å². The van der Waals surface area contributed by atoms with Crippen molar-refractivity contribution in [3.63, 3.8) is 0 Å². The molecule has 0 bridgehead atoms. The van der Waals surface area contributed by atoms with Crippen molar-refractivity contribution >= 4 is 132 Å². The first-order valence-electron chi connectivity index (χ1n) is 32.1.